The third-order valence-electron chi connectivity index (χ3n) is 12.0. The lowest BCUT2D eigenvalue weighted by atomic mass is 10.0. The van der Waals surface area contributed by atoms with E-state index in [1.807, 2.05) is 0 Å². The van der Waals surface area contributed by atoms with Crippen LogP contribution in [0.3, 0.4) is 0 Å². The van der Waals surface area contributed by atoms with Crippen LogP contribution in [-0.4, -0.2) is 37.2 Å². The maximum Gasteiger partial charge on any atom is 0.306 e. The largest absolute Gasteiger partial charge is 0.462 e. The van der Waals surface area contributed by atoms with Crippen LogP contribution in [0.25, 0.3) is 0 Å². The van der Waals surface area contributed by atoms with Gasteiger partial charge in [-0.3, -0.25) is 14.4 Å². The van der Waals surface area contributed by atoms with E-state index in [1.165, 1.54) is 64.2 Å². The molecule has 0 aliphatic heterocycles. The predicted octanol–water partition coefficient (Wildman–Crippen LogP) is 20.5. The van der Waals surface area contributed by atoms with Crippen LogP contribution in [0.15, 0.2) is 158 Å². The average molecular weight is 1030 g/mol. The number of allylic oxidation sites excluding steroid dienone is 26. The number of carbonyl (C=O) groups is 3. The van der Waals surface area contributed by atoms with Crippen molar-refractivity contribution in [2.75, 3.05) is 13.2 Å². The maximum atomic E-state index is 12.8. The van der Waals surface area contributed by atoms with Crippen LogP contribution in [0.5, 0.6) is 0 Å². The summed E-state index contributed by atoms with van der Waals surface area (Å²) in [5, 5.41) is 0. The minimum absolute atomic E-state index is 0.119. The Bertz CT molecular complexity index is 1710. The zero-order valence-corrected chi connectivity index (χ0v) is 48.0. The highest BCUT2D eigenvalue weighted by Crippen LogP contribution is 2.14. The Morgan fingerprint density at radius 1 is 0.280 bits per heavy atom. The van der Waals surface area contributed by atoms with Crippen molar-refractivity contribution in [2.24, 2.45) is 0 Å². The third-order valence-corrected chi connectivity index (χ3v) is 12.0. The second kappa shape index (κ2) is 61.6. The predicted molar refractivity (Wildman–Crippen MR) is 325 cm³/mol. The molecule has 1 atom stereocenters. The number of rotatable bonds is 52. The number of carbonyl (C=O) groups excluding carboxylic acids is 3. The van der Waals surface area contributed by atoms with Crippen LogP contribution in [0.2, 0.25) is 0 Å². The summed E-state index contributed by atoms with van der Waals surface area (Å²) in [6.07, 6.45) is 89.6. The van der Waals surface area contributed by atoms with Crippen molar-refractivity contribution in [1.82, 2.24) is 0 Å². The highest BCUT2D eigenvalue weighted by atomic mass is 16.6. The Kier molecular flexibility index (Phi) is 57.5. The fourth-order valence-corrected chi connectivity index (χ4v) is 7.61. The van der Waals surface area contributed by atoms with Gasteiger partial charge < -0.3 is 14.2 Å². The lowest BCUT2D eigenvalue weighted by Gasteiger charge is -2.18. The van der Waals surface area contributed by atoms with E-state index in [4.69, 9.17) is 14.2 Å². The van der Waals surface area contributed by atoms with E-state index in [0.717, 1.165) is 122 Å². The molecule has 0 fully saturated rings. The minimum Gasteiger partial charge on any atom is -0.462 e. The van der Waals surface area contributed by atoms with Gasteiger partial charge in [0, 0.05) is 19.3 Å². The molecule has 0 aliphatic rings. The summed E-state index contributed by atoms with van der Waals surface area (Å²) in [6, 6.07) is 0. The summed E-state index contributed by atoms with van der Waals surface area (Å²) in [4.78, 5) is 38.2. The fraction of sp³-hybridized carbons (Fsp3) is 0.580. The average Bonchev–Trinajstić information content (AvgIpc) is 3.41. The molecule has 0 amide bonds. The normalized spacial score (nSPS) is 13.3. The Morgan fingerprint density at radius 2 is 0.533 bits per heavy atom. The molecule has 6 nitrogen and oxygen atoms in total. The first-order chi connectivity index (χ1) is 37.0. The van der Waals surface area contributed by atoms with Gasteiger partial charge in [-0.25, -0.2) is 0 Å². The van der Waals surface area contributed by atoms with Crippen molar-refractivity contribution in [3.05, 3.63) is 158 Å². The smallest absolute Gasteiger partial charge is 0.306 e. The zero-order chi connectivity index (χ0) is 54.3. The Balaban J connectivity index is 4.52. The molecule has 75 heavy (non-hydrogen) atoms. The van der Waals surface area contributed by atoms with E-state index >= 15 is 0 Å². The highest BCUT2D eigenvalue weighted by molar-refractivity contribution is 5.71. The van der Waals surface area contributed by atoms with E-state index < -0.39 is 6.10 Å². The zero-order valence-electron chi connectivity index (χ0n) is 48.0. The minimum atomic E-state index is -0.832. The number of hydrogen-bond acceptors (Lipinski definition) is 6. The first-order valence-corrected chi connectivity index (χ1v) is 30.0. The van der Waals surface area contributed by atoms with E-state index in [2.05, 4.69) is 179 Å². The molecule has 0 aromatic heterocycles. The van der Waals surface area contributed by atoms with Gasteiger partial charge in [-0.15, -0.1) is 0 Å². The van der Waals surface area contributed by atoms with E-state index in [1.54, 1.807) is 0 Å². The lowest BCUT2D eigenvalue weighted by molar-refractivity contribution is -0.167. The van der Waals surface area contributed by atoms with Crippen molar-refractivity contribution in [1.29, 1.82) is 0 Å². The van der Waals surface area contributed by atoms with Gasteiger partial charge in [0.2, 0.25) is 0 Å². The molecule has 1 unspecified atom stereocenters. The molecule has 0 saturated carbocycles. The molecule has 0 heterocycles. The number of hydrogen-bond donors (Lipinski definition) is 0. The van der Waals surface area contributed by atoms with Gasteiger partial charge in [0.25, 0.3) is 0 Å². The SMILES string of the molecule is CC/C=C\C/C=C\C/C=C\C/C=C\C/C=C\C/C=C\C/C=C\C/C=C\CCCCC(=O)OCC(COC(=O)CCCCCCCCCCCCCCC)OC(=O)CCC/C=C\C/C=C\C/C=C\C/C=C\C/C=C\CC. The van der Waals surface area contributed by atoms with Crippen molar-refractivity contribution in [2.45, 2.75) is 245 Å². The van der Waals surface area contributed by atoms with Crippen molar-refractivity contribution in [3.8, 4) is 0 Å². The van der Waals surface area contributed by atoms with E-state index in [9.17, 15) is 14.4 Å². The van der Waals surface area contributed by atoms with Gasteiger partial charge in [-0.05, 0) is 122 Å². The van der Waals surface area contributed by atoms with Crippen LogP contribution >= 0.6 is 0 Å². The lowest BCUT2D eigenvalue weighted by Crippen LogP contribution is -2.30. The summed E-state index contributed by atoms with van der Waals surface area (Å²) in [5.74, 6) is -1.03. The van der Waals surface area contributed by atoms with Crippen LogP contribution < -0.4 is 0 Å². The maximum absolute atomic E-state index is 12.8. The fourth-order valence-electron chi connectivity index (χ4n) is 7.61. The number of esters is 3. The quantitative estimate of drug-likeness (QED) is 0.0261. The van der Waals surface area contributed by atoms with E-state index in [-0.39, 0.29) is 44.0 Å². The molecule has 0 saturated heterocycles. The highest BCUT2D eigenvalue weighted by Gasteiger charge is 2.19. The summed E-state index contributed by atoms with van der Waals surface area (Å²) in [6.45, 7) is 6.32. The van der Waals surface area contributed by atoms with Gasteiger partial charge in [0.15, 0.2) is 6.10 Å². The molecule has 0 bridgehead atoms. The molecular weight excluding hydrogens is 925 g/mol. The van der Waals surface area contributed by atoms with Crippen molar-refractivity contribution >= 4 is 17.9 Å². The number of unbranched alkanes of at least 4 members (excludes halogenated alkanes) is 15. The number of ether oxygens (including phenoxy) is 3. The molecule has 0 aromatic carbocycles. The van der Waals surface area contributed by atoms with Crippen molar-refractivity contribution < 1.29 is 28.6 Å². The third kappa shape index (κ3) is 59.8. The summed E-state index contributed by atoms with van der Waals surface area (Å²) in [7, 11) is 0. The van der Waals surface area contributed by atoms with Gasteiger partial charge in [0.05, 0.1) is 0 Å². The first kappa shape index (κ1) is 70.0. The molecule has 420 valence electrons. The molecular formula is C69H108O6. The van der Waals surface area contributed by atoms with Crippen LogP contribution in [0.1, 0.15) is 239 Å². The Morgan fingerprint density at radius 3 is 0.853 bits per heavy atom. The van der Waals surface area contributed by atoms with Crippen LogP contribution in [0.4, 0.5) is 0 Å². The molecule has 0 rings (SSSR count). The molecule has 0 spiro atoms. The second-order valence-electron chi connectivity index (χ2n) is 19.1. The van der Waals surface area contributed by atoms with Gasteiger partial charge in [-0.2, -0.15) is 0 Å². The van der Waals surface area contributed by atoms with Gasteiger partial charge in [0.1, 0.15) is 13.2 Å². The van der Waals surface area contributed by atoms with Crippen LogP contribution in [0, 0.1) is 0 Å². The van der Waals surface area contributed by atoms with Gasteiger partial charge in [-0.1, -0.05) is 256 Å². The van der Waals surface area contributed by atoms with Crippen LogP contribution in [-0.2, 0) is 28.6 Å². The Labute approximate surface area is 460 Å². The standard InChI is InChI=1S/C69H108O6/c1-4-7-10-13-16-19-22-25-27-29-30-31-32-33-34-35-36-37-38-40-41-44-47-50-53-56-59-62-68(71)74-65-66(64-73-67(70)61-58-55-52-49-46-43-24-21-18-15-12-9-6-3)75-69(72)63-60-57-54-51-48-45-42-39-28-26-23-20-17-14-11-8-5-2/h7-8,10-11,16-17,19-20,25-28,30-31,33-34,36-37,40-42,45,47,50-51,54,66H,4-6,9,12-15,18,21-24,29,32,35,38-39,43-44,46,48-49,52-53,55-65H2,1-3H3/b10-7-,11-8-,19-16-,20-17-,27-25-,28-26-,31-30-,34-33-,37-36-,41-40-,45-42-,50-47-,54-51-. The summed E-state index contributed by atoms with van der Waals surface area (Å²) < 4.78 is 16.8. The molecule has 0 N–H and O–H groups in total. The van der Waals surface area contributed by atoms with E-state index in [0.29, 0.717) is 19.3 Å². The first-order valence-electron chi connectivity index (χ1n) is 30.0. The Hall–Kier alpha value is -4.97. The topological polar surface area (TPSA) is 78.9 Å². The monoisotopic (exact) mass is 1030 g/mol. The van der Waals surface area contributed by atoms with Gasteiger partial charge >= 0.3 is 17.9 Å². The summed E-state index contributed by atoms with van der Waals surface area (Å²) in [5.41, 5.74) is 0. The summed E-state index contributed by atoms with van der Waals surface area (Å²) >= 11 is 0. The molecule has 6 heteroatoms. The second-order valence-corrected chi connectivity index (χ2v) is 19.1. The molecule has 0 radical (unpaired) electrons. The van der Waals surface area contributed by atoms with Crippen molar-refractivity contribution in [3.63, 3.8) is 0 Å². The molecule has 0 aliphatic carbocycles. The molecule has 0 aromatic rings.